The summed E-state index contributed by atoms with van der Waals surface area (Å²) in [5, 5.41) is 8.07. The Balaban J connectivity index is 1.64. The van der Waals surface area contributed by atoms with Crippen LogP contribution < -0.4 is 5.32 Å². The second-order valence-corrected chi connectivity index (χ2v) is 6.43. The number of aromatic nitrogens is 4. The number of benzene rings is 2. The van der Waals surface area contributed by atoms with Gasteiger partial charge in [-0.3, -0.25) is 9.78 Å². The molecule has 4 aromatic rings. The monoisotopic (exact) mass is 357 g/mol. The average molecular weight is 357 g/mol. The molecule has 1 amide bonds. The van der Waals surface area contributed by atoms with E-state index in [4.69, 9.17) is 0 Å². The second-order valence-electron chi connectivity index (χ2n) is 6.43. The lowest BCUT2D eigenvalue weighted by Crippen LogP contribution is -2.24. The molecule has 0 aliphatic heterocycles. The number of nitrogens with zero attached hydrogens (tertiary/aromatic N) is 4. The molecule has 0 radical (unpaired) electrons. The Labute approximate surface area is 156 Å². The highest BCUT2D eigenvalue weighted by molar-refractivity contribution is 6.06. The van der Waals surface area contributed by atoms with Gasteiger partial charge in [0, 0.05) is 17.6 Å². The minimum Gasteiger partial charge on any atom is -0.348 e. The van der Waals surface area contributed by atoms with E-state index in [2.05, 4.69) is 20.4 Å². The van der Waals surface area contributed by atoms with Crippen LogP contribution in [0.25, 0.3) is 16.6 Å². The van der Waals surface area contributed by atoms with E-state index in [9.17, 15) is 4.79 Å². The molecule has 27 heavy (non-hydrogen) atoms. The van der Waals surface area contributed by atoms with Crippen LogP contribution in [0.2, 0.25) is 0 Å². The number of carbonyl (C=O) groups is 1. The number of fused-ring (bicyclic) bond motifs is 1. The summed E-state index contributed by atoms with van der Waals surface area (Å²) >= 11 is 0. The smallest absolute Gasteiger partial charge is 0.252 e. The molecule has 0 atom stereocenters. The number of rotatable bonds is 4. The fourth-order valence-corrected chi connectivity index (χ4v) is 3.20. The third kappa shape index (κ3) is 3.29. The standard InChI is InChI=1S/C21H19N5O/c1-14-6-5-8-17-18(10-15(2)25-20(14)17)21(27)23-11-16-7-3-4-9-19(16)26-13-22-12-24-26/h3-10,12-13H,11H2,1-2H3,(H,23,27). The SMILES string of the molecule is Cc1cc(C(=O)NCc2ccccc2-n2cncn2)c2cccc(C)c2n1. The van der Waals surface area contributed by atoms with Crippen LogP contribution in [0, 0.1) is 13.8 Å². The van der Waals surface area contributed by atoms with Gasteiger partial charge in [-0.15, -0.1) is 0 Å². The Hall–Kier alpha value is -3.54. The summed E-state index contributed by atoms with van der Waals surface area (Å²) in [5.41, 5.74) is 5.24. The fourth-order valence-electron chi connectivity index (χ4n) is 3.20. The van der Waals surface area contributed by atoms with Gasteiger partial charge in [0.05, 0.1) is 16.8 Å². The zero-order valence-corrected chi connectivity index (χ0v) is 15.2. The molecule has 2 heterocycles. The molecule has 134 valence electrons. The van der Waals surface area contributed by atoms with Gasteiger partial charge in [-0.2, -0.15) is 5.10 Å². The van der Waals surface area contributed by atoms with Crippen molar-refractivity contribution < 1.29 is 4.79 Å². The van der Waals surface area contributed by atoms with Gasteiger partial charge in [0.1, 0.15) is 12.7 Å². The maximum atomic E-state index is 12.9. The van der Waals surface area contributed by atoms with Gasteiger partial charge in [0.25, 0.3) is 5.91 Å². The molecule has 0 unspecified atom stereocenters. The van der Waals surface area contributed by atoms with Gasteiger partial charge in [-0.25, -0.2) is 9.67 Å². The maximum Gasteiger partial charge on any atom is 0.252 e. The first-order valence-electron chi connectivity index (χ1n) is 8.71. The van der Waals surface area contributed by atoms with Crippen LogP contribution >= 0.6 is 0 Å². The van der Waals surface area contributed by atoms with Crippen molar-refractivity contribution in [2.24, 2.45) is 0 Å². The van der Waals surface area contributed by atoms with Crippen LogP contribution in [0.3, 0.4) is 0 Å². The summed E-state index contributed by atoms with van der Waals surface area (Å²) in [6.45, 7) is 4.30. The number of pyridine rings is 1. The number of hydrogen-bond acceptors (Lipinski definition) is 4. The van der Waals surface area contributed by atoms with E-state index in [0.717, 1.165) is 33.4 Å². The fraction of sp³-hybridized carbons (Fsp3) is 0.143. The number of para-hydroxylation sites is 2. The topological polar surface area (TPSA) is 72.7 Å². The van der Waals surface area contributed by atoms with Crippen LogP contribution in [0.15, 0.2) is 61.2 Å². The van der Waals surface area contributed by atoms with Gasteiger partial charge in [0.2, 0.25) is 0 Å². The van der Waals surface area contributed by atoms with E-state index in [1.54, 1.807) is 11.0 Å². The summed E-state index contributed by atoms with van der Waals surface area (Å²) in [6.07, 6.45) is 3.13. The molecule has 6 heteroatoms. The highest BCUT2D eigenvalue weighted by atomic mass is 16.1. The lowest BCUT2D eigenvalue weighted by molar-refractivity contribution is 0.0952. The minimum atomic E-state index is -0.121. The normalized spacial score (nSPS) is 10.9. The number of hydrogen-bond donors (Lipinski definition) is 1. The lowest BCUT2D eigenvalue weighted by atomic mass is 10.0. The zero-order valence-electron chi connectivity index (χ0n) is 15.2. The second kappa shape index (κ2) is 6.99. The first-order chi connectivity index (χ1) is 13.1. The lowest BCUT2D eigenvalue weighted by Gasteiger charge is -2.12. The van der Waals surface area contributed by atoms with Gasteiger partial charge >= 0.3 is 0 Å². The quantitative estimate of drug-likeness (QED) is 0.608. The van der Waals surface area contributed by atoms with Crippen molar-refractivity contribution in [3.8, 4) is 5.69 Å². The Kier molecular flexibility index (Phi) is 4.38. The van der Waals surface area contributed by atoms with Crippen molar-refractivity contribution in [1.82, 2.24) is 25.1 Å². The maximum absolute atomic E-state index is 12.9. The molecule has 0 saturated heterocycles. The Morgan fingerprint density at radius 1 is 1.11 bits per heavy atom. The first kappa shape index (κ1) is 16.9. The van der Waals surface area contributed by atoms with Gasteiger partial charge in [-0.05, 0) is 37.1 Å². The molecule has 4 rings (SSSR count). The first-order valence-corrected chi connectivity index (χ1v) is 8.71. The van der Waals surface area contributed by atoms with Gasteiger partial charge in [0.15, 0.2) is 0 Å². The van der Waals surface area contributed by atoms with E-state index >= 15 is 0 Å². The molecule has 2 aromatic carbocycles. The minimum absolute atomic E-state index is 0.121. The molecule has 0 aliphatic carbocycles. The number of nitrogens with one attached hydrogen (secondary N) is 1. The van der Waals surface area contributed by atoms with E-state index in [1.165, 1.54) is 6.33 Å². The third-order valence-electron chi connectivity index (χ3n) is 4.51. The van der Waals surface area contributed by atoms with Crippen molar-refractivity contribution in [1.29, 1.82) is 0 Å². The van der Waals surface area contributed by atoms with Gasteiger partial charge < -0.3 is 5.32 Å². The largest absolute Gasteiger partial charge is 0.348 e. The van der Waals surface area contributed by atoms with Crippen molar-refractivity contribution in [2.75, 3.05) is 0 Å². The Morgan fingerprint density at radius 3 is 2.78 bits per heavy atom. The van der Waals surface area contributed by atoms with Crippen LogP contribution in [-0.2, 0) is 6.54 Å². The summed E-state index contributed by atoms with van der Waals surface area (Å²) in [5.74, 6) is -0.121. The predicted molar refractivity (Wildman–Crippen MR) is 104 cm³/mol. The summed E-state index contributed by atoms with van der Waals surface area (Å²) in [4.78, 5) is 21.5. The molecule has 0 fully saturated rings. The highest BCUT2D eigenvalue weighted by Gasteiger charge is 2.14. The molecule has 2 aromatic heterocycles. The molecule has 0 saturated carbocycles. The zero-order chi connectivity index (χ0) is 18.8. The van der Waals surface area contributed by atoms with Crippen LogP contribution in [0.1, 0.15) is 27.2 Å². The molecule has 1 N–H and O–H groups in total. The molecule has 0 aliphatic rings. The van der Waals surface area contributed by atoms with E-state index in [0.29, 0.717) is 12.1 Å². The summed E-state index contributed by atoms with van der Waals surface area (Å²) in [7, 11) is 0. The van der Waals surface area contributed by atoms with Crippen molar-refractivity contribution in [2.45, 2.75) is 20.4 Å². The van der Waals surface area contributed by atoms with E-state index in [-0.39, 0.29) is 5.91 Å². The van der Waals surface area contributed by atoms with Crippen molar-refractivity contribution >= 4 is 16.8 Å². The highest BCUT2D eigenvalue weighted by Crippen LogP contribution is 2.22. The molecule has 0 bridgehead atoms. The van der Waals surface area contributed by atoms with Crippen molar-refractivity contribution in [3.05, 3.63) is 83.6 Å². The predicted octanol–water partition coefficient (Wildman–Crippen LogP) is 3.36. The third-order valence-corrected chi connectivity index (χ3v) is 4.51. The summed E-state index contributed by atoms with van der Waals surface area (Å²) < 4.78 is 1.69. The van der Waals surface area contributed by atoms with Crippen LogP contribution in [0.4, 0.5) is 0 Å². The van der Waals surface area contributed by atoms with E-state index < -0.39 is 0 Å². The molecule has 0 spiro atoms. The number of amides is 1. The number of aryl methyl sites for hydroxylation is 2. The Morgan fingerprint density at radius 2 is 1.96 bits per heavy atom. The Bertz CT molecular complexity index is 1120. The van der Waals surface area contributed by atoms with Crippen LogP contribution in [-0.4, -0.2) is 25.7 Å². The number of carbonyl (C=O) groups excluding carboxylic acids is 1. The molecule has 6 nitrogen and oxygen atoms in total. The van der Waals surface area contributed by atoms with Crippen LogP contribution in [0.5, 0.6) is 0 Å². The van der Waals surface area contributed by atoms with Gasteiger partial charge in [-0.1, -0.05) is 36.4 Å². The van der Waals surface area contributed by atoms with E-state index in [1.807, 2.05) is 62.4 Å². The van der Waals surface area contributed by atoms with Crippen molar-refractivity contribution in [3.63, 3.8) is 0 Å². The summed E-state index contributed by atoms with van der Waals surface area (Å²) in [6, 6.07) is 15.5. The molecular formula is C21H19N5O. The average Bonchev–Trinajstić information content (AvgIpc) is 3.21. The molecular weight excluding hydrogens is 338 g/mol.